The van der Waals surface area contributed by atoms with Gasteiger partial charge in [-0.3, -0.25) is 14.4 Å². The van der Waals surface area contributed by atoms with Crippen LogP contribution in [0.5, 0.6) is 0 Å². The number of ether oxygens (including phenoxy) is 1. The highest BCUT2D eigenvalue weighted by Gasteiger charge is 2.12. The number of anilines is 1. The summed E-state index contributed by atoms with van der Waals surface area (Å²) in [5.41, 5.74) is 0.147. The maximum atomic E-state index is 12.0. The fourth-order valence-corrected chi connectivity index (χ4v) is 1.59. The van der Waals surface area contributed by atoms with Crippen LogP contribution in [0.15, 0.2) is 47.3 Å². The number of hydrogen-bond donors (Lipinski definition) is 1. The van der Waals surface area contributed by atoms with Crippen LogP contribution < -0.4 is 10.9 Å². The number of carbonyl (C=O) groups excluding carboxylic acids is 2. The van der Waals surface area contributed by atoms with Gasteiger partial charge in [0, 0.05) is 11.8 Å². The fraction of sp³-hybridized carbons (Fsp3) is 0.143. The van der Waals surface area contributed by atoms with E-state index < -0.39 is 17.4 Å². The molecule has 0 saturated heterocycles. The smallest absolute Gasteiger partial charge is 0.327 e. The molecule has 1 amide bonds. The number of amides is 1. The van der Waals surface area contributed by atoms with Crippen molar-refractivity contribution in [2.75, 3.05) is 12.4 Å². The van der Waals surface area contributed by atoms with Gasteiger partial charge in [0.05, 0.1) is 7.11 Å². The second-order valence-electron chi connectivity index (χ2n) is 4.11. The number of rotatable bonds is 4. The van der Waals surface area contributed by atoms with Crippen LogP contribution in [0.3, 0.4) is 0 Å². The first-order chi connectivity index (χ1) is 10.1. The van der Waals surface area contributed by atoms with E-state index in [4.69, 9.17) is 0 Å². The van der Waals surface area contributed by atoms with Gasteiger partial charge in [-0.25, -0.2) is 4.68 Å². The minimum atomic E-state index is -0.620. The summed E-state index contributed by atoms with van der Waals surface area (Å²) in [6.07, 6.45) is 0. The van der Waals surface area contributed by atoms with Crippen molar-refractivity contribution < 1.29 is 14.3 Å². The lowest BCUT2D eigenvalue weighted by Gasteiger charge is -2.07. The zero-order valence-corrected chi connectivity index (χ0v) is 11.3. The van der Waals surface area contributed by atoms with Crippen LogP contribution in [-0.2, 0) is 16.1 Å². The molecule has 7 nitrogen and oxygen atoms in total. The third kappa shape index (κ3) is 3.75. The molecule has 0 aliphatic carbocycles. The fourth-order valence-electron chi connectivity index (χ4n) is 1.59. The summed E-state index contributed by atoms with van der Waals surface area (Å²) in [7, 11) is 1.21. The van der Waals surface area contributed by atoms with Crippen molar-refractivity contribution in [3.8, 4) is 0 Å². The molecule has 2 aromatic rings. The molecule has 0 aliphatic rings. The number of hydrogen-bond acceptors (Lipinski definition) is 5. The number of nitrogens with zero attached hydrogens (tertiary/aromatic N) is 2. The minimum Gasteiger partial charge on any atom is -0.468 e. The van der Waals surface area contributed by atoms with Crippen LogP contribution in [0.1, 0.15) is 10.5 Å². The standard InChI is InChI=1S/C14H13N3O4/c1-21-13(19)9-17-12(18)8-7-11(16-17)14(20)15-10-5-3-2-4-6-10/h2-8H,9H2,1H3,(H,15,20). The molecule has 1 N–H and O–H groups in total. The van der Waals surface area contributed by atoms with Crippen LogP contribution in [0.4, 0.5) is 5.69 Å². The van der Waals surface area contributed by atoms with E-state index in [2.05, 4.69) is 15.2 Å². The molecule has 2 rings (SSSR count). The maximum absolute atomic E-state index is 12.0. The van der Waals surface area contributed by atoms with Gasteiger partial charge in [-0.05, 0) is 18.2 Å². The Balaban J connectivity index is 2.20. The third-order valence-corrected chi connectivity index (χ3v) is 2.64. The zero-order valence-electron chi connectivity index (χ0n) is 11.3. The average molecular weight is 287 g/mol. The van der Waals surface area contributed by atoms with Gasteiger partial charge in [-0.15, -0.1) is 0 Å². The van der Waals surface area contributed by atoms with Crippen molar-refractivity contribution >= 4 is 17.6 Å². The van der Waals surface area contributed by atoms with Crippen LogP contribution in [0.2, 0.25) is 0 Å². The van der Waals surface area contributed by atoms with Gasteiger partial charge in [0.25, 0.3) is 11.5 Å². The predicted molar refractivity (Wildman–Crippen MR) is 74.9 cm³/mol. The summed E-state index contributed by atoms with van der Waals surface area (Å²) in [6.45, 7) is -0.345. The highest BCUT2D eigenvalue weighted by Crippen LogP contribution is 2.06. The normalized spacial score (nSPS) is 9.95. The Morgan fingerprint density at radius 2 is 1.90 bits per heavy atom. The third-order valence-electron chi connectivity index (χ3n) is 2.64. The Morgan fingerprint density at radius 1 is 1.19 bits per heavy atom. The highest BCUT2D eigenvalue weighted by atomic mass is 16.5. The molecule has 0 atom stereocenters. The molecule has 0 bridgehead atoms. The van der Waals surface area contributed by atoms with E-state index in [1.54, 1.807) is 24.3 Å². The number of para-hydroxylation sites is 1. The molecule has 7 heteroatoms. The van der Waals surface area contributed by atoms with Crippen LogP contribution in [0.25, 0.3) is 0 Å². The first kappa shape index (κ1) is 14.4. The zero-order chi connectivity index (χ0) is 15.2. The van der Waals surface area contributed by atoms with Gasteiger partial charge < -0.3 is 10.1 Å². The van der Waals surface area contributed by atoms with Gasteiger partial charge >= 0.3 is 5.97 Å². The molecule has 0 spiro atoms. The van der Waals surface area contributed by atoms with Crippen molar-refractivity contribution in [1.82, 2.24) is 9.78 Å². The Labute approximate surface area is 120 Å². The number of nitrogens with one attached hydrogen (secondary N) is 1. The van der Waals surface area contributed by atoms with E-state index in [9.17, 15) is 14.4 Å². The Kier molecular flexibility index (Phi) is 4.45. The van der Waals surface area contributed by atoms with Crippen molar-refractivity contribution in [3.63, 3.8) is 0 Å². The minimum absolute atomic E-state index is 0.0300. The maximum Gasteiger partial charge on any atom is 0.327 e. The second-order valence-corrected chi connectivity index (χ2v) is 4.11. The van der Waals surface area contributed by atoms with E-state index in [1.165, 1.54) is 19.2 Å². The number of methoxy groups -OCH3 is 1. The number of carbonyl (C=O) groups is 2. The highest BCUT2D eigenvalue weighted by molar-refractivity contribution is 6.02. The van der Waals surface area contributed by atoms with Gasteiger partial charge in [0.1, 0.15) is 12.2 Å². The second kappa shape index (κ2) is 6.47. The molecule has 21 heavy (non-hydrogen) atoms. The monoisotopic (exact) mass is 287 g/mol. The van der Waals surface area contributed by atoms with E-state index >= 15 is 0 Å². The molecule has 1 aromatic heterocycles. The van der Waals surface area contributed by atoms with Crippen LogP contribution >= 0.6 is 0 Å². The molecule has 0 radical (unpaired) electrons. The quantitative estimate of drug-likeness (QED) is 0.835. The van der Waals surface area contributed by atoms with E-state index in [1.807, 2.05) is 6.07 Å². The lowest BCUT2D eigenvalue weighted by Crippen LogP contribution is -2.29. The van der Waals surface area contributed by atoms with Crippen LogP contribution in [-0.4, -0.2) is 28.8 Å². The summed E-state index contributed by atoms with van der Waals surface area (Å²) < 4.78 is 5.35. The molecular formula is C14H13N3O4. The topological polar surface area (TPSA) is 90.3 Å². The largest absolute Gasteiger partial charge is 0.468 e. The van der Waals surface area contributed by atoms with Crippen molar-refractivity contribution in [2.24, 2.45) is 0 Å². The number of esters is 1. The van der Waals surface area contributed by atoms with E-state index in [0.717, 1.165) is 4.68 Å². The van der Waals surface area contributed by atoms with Gasteiger partial charge in [0.15, 0.2) is 0 Å². The van der Waals surface area contributed by atoms with Crippen molar-refractivity contribution in [2.45, 2.75) is 6.54 Å². The van der Waals surface area contributed by atoms with Crippen molar-refractivity contribution in [3.05, 3.63) is 58.5 Å². The molecular weight excluding hydrogens is 274 g/mol. The first-order valence-corrected chi connectivity index (χ1v) is 6.11. The van der Waals surface area contributed by atoms with Gasteiger partial charge in [-0.1, -0.05) is 18.2 Å². The summed E-state index contributed by atoms with van der Waals surface area (Å²) in [5, 5.41) is 6.49. The summed E-state index contributed by atoms with van der Waals surface area (Å²) in [5.74, 6) is -1.09. The molecule has 0 aliphatic heterocycles. The molecule has 0 unspecified atom stereocenters. The summed E-state index contributed by atoms with van der Waals surface area (Å²) in [6, 6.07) is 11.3. The number of benzene rings is 1. The Morgan fingerprint density at radius 3 is 2.57 bits per heavy atom. The van der Waals surface area contributed by atoms with Gasteiger partial charge in [-0.2, -0.15) is 5.10 Å². The Hall–Kier alpha value is -2.96. The molecule has 1 heterocycles. The van der Waals surface area contributed by atoms with E-state index in [0.29, 0.717) is 5.69 Å². The van der Waals surface area contributed by atoms with Gasteiger partial charge in [0.2, 0.25) is 0 Å². The van der Waals surface area contributed by atoms with E-state index in [-0.39, 0.29) is 12.2 Å². The molecule has 108 valence electrons. The summed E-state index contributed by atoms with van der Waals surface area (Å²) in [4.78, 5) is 34.8. The lowest BCUT2D eigenvalue weighted by atomic mass is 10.3. The van der Waals surface area contributed by atoms with Crippen LogP contribution in [0, 0.1) is 0 Å². The lowest BCUT2D eigenvalue weighted by molar-refractivity contribution is -0.141. The number of aromatic nitrogens is 2. The summed E-state index contributed by atoms with van der Waals surface area (Å²) >= 11 is 0. The Bertz CT molecular complexity index is 710. The average Bonchev–Trinajstić information content (AvgIpc) is 2.50. The molecule has 1 aromatic carbocycles. The first-order valence-electron chi connectivity index (χ1n) is 6.11. The predicted octanol–water partition coefficient (Wildman–Crippen LogP) is 0.669. The van der Waals surface area contributed by atoms with Crippen molar-refractivity contribution in [1.29, 1.82) is 0 Å². The molecule has 0 fully saturated rings. The SMILES string of the molecule is COC(=O)Cn1nc(C(=O)Nc2ccccc2)ccc1=O. The molecule has 0 saturated carbocycles.